The lowest BCUT2D eigenvalue weighted by atomic mass is 9.92. The highest BCUT2D eigenvalue weighted by molar-refractivity contribution is 8.01. The molecule has 0 aliphatic heterocycles. The first-order chi connectivity index (χ1) is 9.54. The average molecular weight is 313 g/mol. The molecule has 4 nitrogen and oxygen atoms in total. The lowest BCUT2D eigenvalue weighted by Gasteiger charge is -2.27. The molecule has 1 amide bonds. The summed E-state index contributed by atoms with van der Waals surface area (Å²) in [7, 11) is 0. The SMILES string of the molecule is CC(C)(C)SCC(=O)NC(C)(C(=O)O)c1ccc(F)cc1. The van der Waals surface area contributed by atoms with Crippen LogP contribution in [0, 0.1) is 5.82 Å². The van der Waals surface area contributed by atoms with Crippen LogP contribution in [-0.4, -0.2) is 27.5 Å². The number of carbonyl (C=O) groups excluding carboxylic acids is 1. The van der Waals surface area contributed by atoms with E-state index in [2.05, 4.69) is 5.32 Å². The Bertz CT molecular complexity index is 525. The monoisotopic (exact) mass is 313 g/mol. The third-order valence-corrected chi connectivity index (χ3v) is 4.15. The second kappa shape index (κ2) is 6.47. The van der Waals surface area contributed by atoms with Crippen molar-refractivity contribution in [1.82, 2.24) is 5.32 Å². The van der Waals surface area contributed by atoms with Gasteiger partial charge in [0.05, 0.1) is 5.75 Å². The zero-order valence-electron chi connectivity index (χ0n) is 12.6. The molecule has 0 saturated carbocycles. The summed E-state index contributed by atoms with van der Waals surface area (Å²) in [6.07, 6.45) is 0. The minimum Gasteiger partial charge on any atom is -0.479 e. The minimum atomic E-state index is -1.58. The molecular formula is C15H20FNO3S. The molecule has 6 heteroatoms. The number of carboxylic acid groups (broad SMARTS) is 1. The molecule has 0 aliphatic rings. The van der Waals surface area contributed by atoms with Gasteiger partial charge in [-0.3, -0.25) is 4.79 Å². The highest BCUT2D eigenvalue weighted by Crippen LogP contribution is 2.25. The molecular weight excluding hydrogens is 293 g/mol. The van der Waals surface area contributed by atoms with Crippen LogP contribution in [0.5, 0.6) is 0 Å². The van der Waals surface area contributed by atoms with Gasteiger partial charge in [0.1, 0.15) is 5.82 Å². The fourth-order valence-corrected chi connectivity index (χ4v) is 2.27. The van der Waals surface area contributed by atoms with Crippen LogP contribution in [0.4, 0.5) is 4.39 Å². The van der Waals surface area contributed by atoms with Crippen LogP contribution >= 0.6 is 11.8 Å². The van der Waals surface area contributed by atoms with Crippen LogP contribution in [-0.2, 0) is 15.1 Å². The highest BCUT2D eigenvalue weighted by Gasteiger charge is 2.37. The summed E-state index contributed by atoms with van der Waals surface area (Å²) < 4.78 is 12.9. The maximum absolute atomic E-state index is 13.0. The van der Waals surface area contributed by atoms with E-state index in [0.717, 1.165) is 0 Å². The van der Waals surface area contributed by atoms with Crippen LogP contribution in [0.1, 0.15) is 33.3 Å². The molecule has 1 rings (SSSR count). The molecule has 0 heterocycles. The molecule has 0 aliphatic carbocycles. The molecule has 1 unspecified atom stereocenters. The number of carbonyl (C=O) groups is 2. The Morgan fingerprint density at radius 1 is 1.19 bits per heavy atom. The number of rotatable bonds is 5. The van der Waals surface area contributed by atoms with E-state index in [1.165, 1.54) is 43.0 Å². The Hall–Kier alpha value is -1.56. The van der Waals surface area contributed by atoms with Gasteiger partial charge in [0.2, 0.25) is 5.91 Å². The summed E-state index contributed by atoms with van der Waals surface area (Å²) in [5.74, 6) is -1.86. The molecule has 116 valence electrons. The fourth-order valence-electron chi connectivity index (χ4n) is 1.63. The molecule has 0 saturated heterocycles. The summed E-state index contributed by atoms with van der Waals surface area (Å²) in [6, 6.07) is 5.07. The number of hydrogen-bond donors (Lipinski definition) is 2. The molecule has 1 aromatic rings. The number of hydrogen-bond acceptors (Lipinski definition) is 3. The molecule has 0 spiro atoms. The van der Waals surface area contributed by atoms with Crippen LogP contribution in [0.15, 0.2) is 24.3 Å². The normalized spacial score (nSPS) is 14.3. The number of aliphatic carboxylic acids is 1. The molecule has 0 bridgehead atoms. The van der Waals surface area contributed by atoms with Gasteiger partial charge in [-0.15, -0.1) is 11.8 Å². The van der Waals surface area contributed by atoms with Gasteiger partial charge in [-0.2, -0.15) is 0 Å². The third-order valence-electron chi connectivity index (χ3n) is 2.87. The van der Waals surface area contributed by atoms with E-state index >= 15 is 0 Å². The van der Waals surface area contributed by atoms with Gasteiger partial charge in [-0.25, -0.2) is 9.18 Å². The van der Waals surface area contributed by atoms with Crippen molar-refractivity contribution in [1.29, 1.82) is 0 Å². The summed E-state index contributed by atoms with van der Waals surface area (Å²) in [4.78, 5) is 23.5. The van der Waals surface area contributed by atoms with E-state index < -0.39 is 17.3 Å². The Balaban J connectivity index is 2.89. The van der Waals surface area contributed by atoms with E-state index in [-0.39, 0.29) is 16.4 Å². The van der Waals surface area contributed by atoms with Crippen LogP contribution < -0.4 is 5.32 Å². The summed E-state index contributed by atoms with van der Waals surface area (Å²) >= 11 is 1.43. The van der Waals surface area contributed by atoms with Crippen molar-refractivity contribution >= 4 is 23.6 Å². The minimum absolute atomic E-state index is 0.0904. The third kappa shape index (κ3) is 5.04. The van der Waals surface area contributed by atoms with Gasteiger partial charge < -0.3 is 10.4 Å². The van der Waals surface area contributed by atoms with E-state index in [1.54, 1.807) is 0 Å². The smallest absolute Gasteiger partial charge is 0.333 e. The topological polar surface area (TPSA) is 66.4 Å². The number of nitrogens with one attached hydrogen (secondary N) is 1. The van der Waals surface area contributed by atoms with Crippen molar-refractivity contribution in [3.8, 4) is 0 Å². The standard InChI is InChI=1S/C15H20FNO3S/c1-14(2,3)21-9-12(18)17-15(4,13(19)20)10-5-7-11(16)8-6-10/h5-8H,9H2,1-4H3,(H,17,18)(H,19,20). The van der Waals surface area contributed by atoms with Gasteiger partial charge in [-0.05, 0) is 24.6 Å². The number of amides is 1. The van der Waals surface area contributed by atoms with Gasteiger partial charge in [0.15, 0.2) is 5.54 Å². The number of thioether (sulfide) groups is 1. The van der Waals surface area contributed by atoms with Crippen LogP contribution in [0.3, 0.4) is 0 Å². The summed E-state index contributed by atoms with van der Waals surface area (Å²) in [5.41, 5.74) is -1.26. The lowest BCUT2D eigenvalue weighted by molar-refractivity contribution is -0.147. The second-order valence-corrected chi connectivity index (χ2v) is 7.69. The van der Waals surface area contributed by atoms with Gasteiger partial charge in [0, 0.05) is 4.75 Å². The van der Waals surface area contributed by atoms with Crippen molar-refractivity contribution in [3.05, 3.63) is 35.6 Å². The quantitative estimate of drug-likeness (QED) is 0.877. The summed E-state index contributed by atoms with van der Waals surface area (Å²) in [6.45, 7) is 7.31. The van der Waals surface area contributed by atoms with E-state index in [9.17, 15) is 19.1 Å². The largest absolute Gasteiger partial charge is 0.479 e. The summed E-state index contributed by atoms with van der Waals surface area (Å²) in [5, 5.41) is 11.9. The molecule has 1 atom stereocenters. The van der Waals surface area contributed by atoms with Crippen molar-refractivity contribution in [2.45, 2.75) is 38.0 Å². The van der Waals surface area contributed by atoms with Crippen molar-refractivity contribution in [3.63, 3.8) is 0 Å². The van der Waals surface area contributed by atoms with Gasteiger partial charge in [0.25, 0.3) is 0 Å². The fraction of sp³-hybridized carbons (Fsp3) is 0.467. The average Bonchev–Trinajstić information content (AvgIpc) is 2.36. The van der Waals surface area contributed by atoms with E-state index in [0.29, 0.717) is 5.56 Å². The zero-order chi connectivity index (χ0) is 16.3. The molecule has 0 aromatic heterocycles. The number of carboxylic acids is 1. The Morgan fingerprint density at radius 3 is 2.14 bits per heavy atom. The Labute approximate surface area is 128 Å². The first-order valence-corrected chi connectivity index (χ1v) is 7.47. The molecule has 0 fully saturated rings. The van der Waals surface area contributed by atoms with Crippen LogP contribution in [0.25, 0.3) is 0 Å². The van der Waals surface area contributed by atoms with E-state index in [4.69, 9.17) is 0 Å². The lowest BCUT2D eigenvalue weighted by Crippen LogP contribution is -2.50. The Morgan fingerprint density at radius 2 is 1.71 bits per heavy atom. The maximum atomic E-state index is 13.0. The molecule has 21 heavy (non-hydrogen) atoms. The molecule has 1 aromatic carbocycles. The zero-order valence-corrected chi connectivity index (χ0v) is 13.4. The van der Waals surface area contributed by atoms with Crippen LogP contribution in [0.2, 0.25) is 0 Å². The first kappa shape index (κ1) is 17.5. The van der Waals surface area contributed by atoms with E-state index in [1.807, 2.05) is 20.8 Å². The predicted octanol–water partition coefficient (Wildman–Crippen LogP) is 2.77. The first-order valence-electron chi connectivity index (χ1n) is 6.49. The number of halogens is 1. The van der Waals surface area contributed by atoms with Crippen molar-refractivity contribution in [2.24, 2.45) is 0 Å². The highest BCUT2D eigenvalue weighted by atomic mass is 32.2. The molecule has 2 N–H and O–H groups in total. The number of benzene rings is 1. The predicted molar refractivity (Wildman–Crippen MR) is 81.7 cm³/mol. The van der Waals surface area contributed by atoms with Gasteiger partial charge >= 0.3 is 5.97 Å². The van der Waals surface area contributed by atoms with Crippen molar-refractivity contribution < 1.29 is 19.1 Å². The second-order valence-electron chi connectivity index (χ2n) is 5.89. The maximum Gasteiger partial charge on any atom is 0.333 e. The Kier molecular flexibility index (Phi) is 5.39. The van der Waals surface area contributed by atoms with Crippen molar-refractivity contribution in [2.75, 3.05) is 5.75 Å². The molecule has 0 radical (unpaired) electrons. The van der Waals surface area contributed by atoms with Gasteiger partial charge in [-0.1, -0.05) is 32.9 Å².